The molecule has 3 atom stereocenters. The zero-order valence-electron chi connectivity index (χ0n) is 12.8. The minimum atomic E-state index is -0.251. The smallest absolute Gasteiger partial charge is 0.123 e. The molecule has 2 aromatic carbocycles. The van der Waals surface area contributed by atoms with E-state index in [1.807, 2.05) is 23.1 Å². The molecule has 2 aliphatic rings. The summed E-state index contributed by atoms with van der Waals surface area (Å²) in [6.45, 7) is -0.134. The molecule has 0 bridgehead atoms. The highest BCUT2D eigenvalue weighted by molar-refractivity contribution is 5.46. The Balaban J connectivity index is 1.93. The molecular weight excluding hydrogens is 293 g/mol. The zero-order valence-corrected chi connectivity index (χ0v) is 12.8. The molecule has 3 nitrogen and oxygen atoms in total. The Morgan fingerprint density at radius 3 is 2.61 bits per heavy atom. The van der Waals surface area contributed by atoms with Gasteiger partial charge in [0.1, 0.15) is 5.82 Å². The van der Waals surface area contributed by atoms with Crippen LogP contribution in [-0.4, -0.2) is 34.5 Å². The van der Waals surface area contributed by atoms with Crippen molar-refractivity contribution in [2.45, 2.75) is 30.8 Å². The van der Waals surface area contributed by atoms with Crippen molar-refractivity contribution < 1.29 is 14.6 Å². The predicted octanol–water partition coefficient (Wildman–Crippen LogP) is 2.57. The summed E-state index contributed by atoms with van der Waals surface area (Å²) in [4.78, 5) is 1.91. The number of fused-ring (bicyclic) bond motifs is 5. The van der Waals surface area contributed by atoms with Crippen molar-refractivity contribution in [1.29, 1.82) is 0 Å². The topological polar surface area (TPSA) is 43.7 Å². The van der Waals surface area contributed by atoms with Crippen molar-refractivity contribution in [2.24, 2.45) is 0 Å². The van der Waals surface area contributed by atoms with E-state index in [1.54, 1.807) is 6.07 Å². The van der Waals surface area contributed by atoms with E-state index in [4.69, 9.17) is 0 Å². The lowest BCUT2D eigenvalue weighted by atomic mass is 9.87. The first-order valence-electron chi connectivity index (χ1n) is 8.06. The Hall–Kier alpha value is -1.75. The molecule has 2 aromatic rings. The SMILES string of the molecule is OC[C@H]1C[C@@H]2c3ccccc3Cc3ccc(F)cc3[C@H]2N1CO. The number of rotatable bonds is 2. The van der Waals surface area contributed by atoms with E-state index in [0.717, 1.165) is 24.0 Å². The average molecular weight is 313 g/mol. The minimum absolute atomic E-state index is 0.000373. The predicted molar refractivity (Wildman–Crippen MR) is 85.5 cm³/mol. The second kappa shape index (κ2) is 5.71. The van der Waals surface area contributed by atoms with Crippen LogP contribution in [-0.2, 0) is 6.42 Å². The van der Waals surface area contributed by atoms with E-state index < -0.39 is 0 Å². The van der Waals surface area contributed by atoms with Crippen LogP contribution in [0.15, 0.2) is 42.5 Å². The molecule has 1 saturated heterocycles. The number of halogens is 1. The van der Waals surface area contributed by atoms with Crippen LogP contribution in [0.1, 0.15) is 40.6 Å². The lowest BCUT2D eigenvalue weighted by Crippen LogP contribution is -2.35. The van der Waals surface area contributed by atoms with Crippen LogP contribution in [0, 0.1) is 5.82 Å². The summed E-state index contributed by atoms with van der Waals surface area (Å²) in [6, 6.07) is 13.1. The first-order valence-corrected chi connectivity index (χ1v) is 8.06. The van der Waals surface area contributed by atoms with Gasteiger partial charge in [-0.3, -0.25) is 4.90 Å². The average Bonchev–Trinajstić information content (AvgIpc) is 2.89. The highest BCUT2D eigenvalue weighted by Crippen LogP contribution is 2.50. The van der Waals surface area contributed by atoms with Gasteiger partial charge in [0, 0.05) is 18.0 Å². The maximum Gasteiger partial charge on any atom is 0.123 e. The number of likely N-dealkylation sites (tertiary alicyclic amines) is 1. The van der Waals surface area contributed by atoms with Gasteiger partial charge in [0.15, 0.2) is 0 Å². The summed E-state index contributed by atoms with van der Waals surface area (Å²) in [5.74, 6) is -0.0858. The molecule has 0 aromatic heterocycles. The second-order valence-electron chi connectivity index (χ2n) is 6.50. The van der Waals surface area contributed by atoms with Crippen LogP contribution in [0.5, 0.6) is 0 Å². The first-order chi connectivity index (χ1) is 11.2. The van der Waals surface area contributed by atoms with Crippen molar-refractivity contribution in [2.75, 3.05) is 13.3 Å². The molecule has 4 heteroatoms. The van der Waals surface area contributed by atoms with E-state index in [2.05, 4.69) is 12.1 Å². The van der Waals surface area contributed by atoms with Crippen LogP contribution in [0.4, 0.5) is 4.39 Å². The molecule has 1 aliphatic carbocycles. The molecule has 0 spiro atoms. The Morgan fingerprint density at radius 2 is 1.83 bits per heavy atom. The summed E-state index contributed by atoms with van der Waals surface area (Å²) in [5, 5.41) is 19.6. The number of hydrogen-bond donors (Lipinski definition) is 2. The molecule has 0 amide bonds. The third-order valence-electron chi connectivity index (χ3n) is 5.37. The minimum Gasteiger partial charge on any atom is -0.395 e. The maximum atomic E-state index is 13.9. The monoisotopic (exact) mass is 313 g/mol. The van der Waals surface area contributed by atoms with Gasteiger partial charge in [-0.25, -0.2) is 4.39 Å². The third-order valence-corrected chi connectivity index (χ3v) is 5.37. The number of hydrogen-bond acceptors (Lipinski definition) is 3. The Bertz CT molecular complexity index is 733. The Kier molecular flexibility index (Phi) is 3.68. The quantitative estimate of drug-likeness (QED) is 0.895. The lowest BCUT2D eigenvalue weighted by molar-refractivity contribution is 0.0382. The molecule has 0 unspecified atom stereocenters. The number of aliphatic hydroxyl groups excluding tert-OH is 2. The standard InChI is InChI=1S/C19H20FNO2/c20-14-6-5-13-7-12-3-1-2-4-16(12)18-9-15(10-22)21(11-23)19(18)17(13)8-14/h1-6,8,15,18-19,22-23H,7,9-11H2/t15-,18-,19-/m1/s1. The summed E-state index contributed by atoms with van der Waals surface area (Å²) < 4.78 is 13.9. The molecular formula is C19H20FNO2. The molecule has 1 heterocycles. The molecule has 120 valence electrons. The number of aliphatic hydroxyl groups is 2. The van der Waals surface area contributed by atoms with Gasteiger partial charge in [0.25, 0.3) is 0 Å². The second-order valence-corrected chi connectivity index (χ2v) is 6.50. The van der Waals surface area contributed by atoms with E-state index in [0.29, 0.717) is 0 Å². The van der Waals surface area contributed by atoms with Crippen LogP contribution < -0.4 is 0 Å². The molecule has 1 fully saturated rings. The Labute approximate surface area is 135 Å². The van der Waals surface area contributed by atoms with E-state index in [9.17, 15) is 14.6 Å². The van der Waals surface area contributed by atoms with Gasteiger partial charge in [0.2, 0.25) is 0 Å². The first kappa shape index (κ1) is 14.8. The number of nitrogens with zero attached hydrogens (tertiary/aromatic N) is 1. The van der Waals surface area contributed by atoms with Crippen molar-refractivity contribution in [3.63, 3.8) is 0 Å². The van der Waals surface area contributed by atoms with Gasteiger partial charge in [-0.05, 0) is 47.2 Å². The molecule has 23 heavy (non-hydrogen) atoms. The fourth-order valence-corrected chi connectivity index (χ4v) is 4.36. The molecule has 0 saturated carbocycles. The highest BCUT2D eigenvalue weighted by atomic mass is 19.1. The van der Waals surface area contributed by atoms with Gasteiger partial charge in [-0.1, -0.05) is 30.3 Å². The zero-order chi connectivity index (χ0) is 16.0. The molecule has 0 radical (unpaired) electrons. The maximum absolute atomic E-state index is 13.9. The van der Waals surface area contributed by atoms with Gasteiger partial charge in [0.05, 0.1) is 13.3 Å². The van der Waals surface area contributed by atoms with Crippen LogP contribution >= 0.6 is 0 Å². The fraction of sp³-hybridized carbons (Fsp3) is 0.368. The van der Waals surface area contributed by atoms with Crippen LogP contribution in [0.25, 0.3) is 0 Å². The summed E-state index contributed by atoms with van der Waals surface area (Å²) in [7, 11) is 0. The van der Waals surface area contributed by atoms with Gasteiger partial charge < -0.3 is 10.2 Å². The molecule has 4 rings (SSSR count). The highest BCUT2D eigenvalue weighted by Gasteiger charge is 2.44. The van der Waals surface area contributed by atoms with E-state index in [-0.39, 0.29) is 37.2 Å². The largest absolute Gasteiger partial charge is 0.395 e. The van der Waals surface area contributed by atoms with Crippen LogP contribution in [0.2, 0.25) is 0 Å². The lowest BCUT2D eigenvalue weighted by Gasteiger charge is -2.29. The normalized spacial score (nSPS) is 26.3. The fourth-order valence-electron chi connectivity index (χ4n) is 4.36. The van der Waals surface area contributed by atoms with Gasteiger partial charge in [-0.2, -0.15) is 0 Å². The molecule has 2 N–H and O–H groups in total. The summed E-state index contributed by atoms with van der Waals surface area (Å²) >= 11 is 0. The van der Waals surface area contributed by atoms with E-state index in [1.165, 1.54) is 17.2 Å². The van der Waals surface area contributed by atoms with Crippen molar-refractivity contribution in [1.82, 2.24) is 4.90 Å². The van der Waals surface area contributed by atoms with Crippen molar-refractivity contribution in [3.8, 4) is 0 Å². The summed E-state index contributed by atoms with van der Waals surface area (Å²) in [6.07, 6.45) is 1.55. The van der Waals surface area contributed by atoms with Gasteiger partial charge >= 0.3 is 0 Å². The third kappa shape index (κ3) is 2.29. The van der Waals surface area contributed by atoms with Crippen molar-refractivity contribution in [3.05, 3.63) is 70.5 Å². The number of benzene rings is 2. The van der Waals surface area contributed by atoms with Crippen LogP contribution in [0.3, 0.4) is 0 Å². The summed E-state index contributed by atoms with van der Waals surface area (Å²) in [5.41, 5.74) is 4.55. The van der Waals surface area contributed by atoms with E-state index >= 15 is 0 Å². The Morgan fingerprint density at radius 1 is 1.04 bits per heavy atom. The van der Waals surface area contributed by atoms with Crippen molar-refractivity contribution >= 4 is 0 Å². The molecule has 1 aliphatic heterocycles. The van der Waals surface area contributed by atoms with Gasteiger partial charge in [-0.15, -0.1) is 0 Å².